The Labute approximate surface area is 199 Å². The van der Waals surface area contributed by atoms with Gasteiger partial charge >= 0.3 is 11.9 Å². The summed E-state index contributed by atoms with van der Waals surface area (Å²) in [4.78, 5) is 24.3. The maximum absolute atomic E-state index is 12.2. The average molecular weight is 461 g/mol. The van der Waals surface area contributed by atoms with Crippen LogP contribution in [0.2, 0.25) is 0 Å². The minimum atomic E-state index is -0.698. The van der Waals surface area contributed by atoms with E-state index < -0.39 is 11.9 Å². The molecule has 0 unspecified atom stereocenters. The van der Waals surface area contributed by atoms with Gasteiger partial charge in [0.05, 0.1) is 23.9 Å². The number of phenols is 1. The van der Waals surface area contributed by atoms with Crippen LogP contribution in [-0.2, 0) is 19.1 Å². The van der Waals surface area contributed by atoms with Crippen molar-refractivity contribution in [1.82, 2.24) is 0 Å². The molecule has 2 aromatic carbocycles. The number of esters is 2. The lowest BCUT2D eigenvalue weighted by Gasteiger charge is -2.21. The van der Waals surface area contributed by atoms with Gasteiger partial charge in [0.1, 0.15) is 18.1 Å². The third kappa shape index (κ3) is 6.45. The predicted molar refractivity (Wildman–Crippen MR) is 129 cm³/mol. The number of rotatable bonds is 9. The summed E-state index contributed by atoms with van der Waals surface area (Å²) in [6.07, 6.45) is 12.9. The summed E-state index contributed by atoms with van der Waals surface area (Å²) in [7, 11) is 0. The number of phenolic OH excluding ortho intramolecular Hbond substituents is 1. The van der Waals surface area contributed by atoms with E-state index in [4.69, 9.17) is 14.2 Å². The van der Waals surface area contributed by atoms with Gasteiger partial charge < -0.3 is 19.3 Å². The van der Waals surface area contributed by atoms with E-state index in [1.807, 2.05) is 24.3 Å². The highest BCUT2D eigenvalue weighted by Gasteiger charge is 2.29. The van der Waals surface area contributed by atoms with Gasteiger partial charge in [0, 0.05) is 0 Å². The molecule has 0 radical (unpaired) electrons. The van der Waals surface area contributed by atoms with E-state index in [0.717, 1.165) is 18.4 Å². The zero-order chi connectivity index (χ0) is 23.8. The Hall–Kier alpha value is -3.64. The lowest BCUT2D eigenvalue weighted by Crippen LogP contribution is -2.19. The van der Waals surface area contributed by atoms with Gasteiger partial charge in [-0.25, -0.2) is 9.59 Å². The molecular weight excluding hydrogens is 432 g/mol. The van der Waals surface area contributed by atoms with Crippen LogP contribution in [-0.4, -0.2) is 36.4 Å². The molecule has 1 aliphatic heterocycles. The number of hydrogen-bond acceptors (Lipinski definition) is 6. The van der Waals surface area contributed by atoms with Gasteiger partial charge in [0.2, 0.25) is 0 Å². The van der Waals surface area contributed by atoms with Crippen LogP contribution < -0.4 is 4.74 Å². The van der Waals surface area contributed by atoms with E-state index in [1.54, 1.807) is 42.5 Å². The van der Waals surface area contributed by atoms with E-state index >= 15 is 0 Å². The number of carbonyl (C=O) groups excluding carboxylic acids is 2. The van der Waals surface area contributed by atoms with Gasteiger partial charge in [-0.2, -0.15) is 0 Å². The van der Waals surface area contributed by atoms with Crippen molar-refractivity contribution in [2.24, 2.45) is 0 Å². The van der Waals surface area contributed by atoms with E-state index in [2.05, 4.69) is 0 Å². The van der Waals surface area contributed by atoms with Gasteiger partial charge in [0.15, 0.2) is 0 Å². The molecule has 1 N–H and O–H groups in total. The maximum Gasteiger partial charge on any atom is 0.346 e. The molecule has 2 aliphatic rings. The lowest BCUT2D eigenvalue weighted by molar-refractivity contribution is -0.150. The summed E-state index contributed by atoms with van der Waals surface area (Å²) in [5.41, 5.74) is 1.85. The molecule has 0 saturated heterocycles. The molecule has 0 atom stereocenters. The van der Waals surface area contributed by atoms with Crippen molar-refractivity contribution in [2.75, 3.05) is 13.2 Å². The van der Waals surface area contributed by atoms with Crippen LogP contribution in [0.5, 0.6) is 11.5 Å². The zero-order valence-electron chi connectivity index (χ0n) is 18.9. The van der Waals surface area contributed by atoms with Crippen molar-refractivity contribution in [3.63, 3.8) is 0 Å². The van der Waals surface area contributed by atoms with E-state index in [1.165, 1.54) is 25.3 Å². The number of cyclic esters (lactones) is 2. The van der Waals surface area contributed by atoms with Gasteiger partial charge in [-0.15, -0.1) is 0 Å². The lowest BCUT2D eigenvalue weighted by atomic mass is 9.98. The molecule has 0 aromatic heterocycles. The standard InChI is InChI=1S/C28H28O6/c29-22-8-4-6-20(18-22)12-14-25-26(28(31)34-27(25)30)15-13-21-7-5-11-24(19-21)33-17-16-32-23-9-2-1-3-10-23/h4-8,11-15,18-19,23,29H,1-3,9-10,16-17H2. The van der Waals surface area contributed by atoms with Crippen molar-refractivity contribution in [2.45, 2.75) is 38.2 Å². The highest BCUT2D eigenvalue weighted by atomic mass is 16.6. The van der Waals surface area contributed by atoms with Crippen LogP contribution in [0.15, 0.2) is 71.8 Å². The SMILES string of the molecule is O=C1OC(=O)C(C=Cc2cccc(OCCOC3CCCCC3)c2)=C1C=Cc1cccc(O)c1. The Morgan fingerprint density at radius 2 is 1.47 bits per heavy atom. The molecule has 1 fully saturated rings. The second-order valence-electron chi connectivity index (χ2n) is 8.32. The van der Waals surface area contributed by atoms with E-state index in [9.17, 15) is 14.7 Å². The predicted octanol–water partition coefficient (Wildman–Crippen LogP) is 5.23. The minimum absolute atomic E-state index is 0.115. The van der Waals surface area contributed by atoms with E-state index in [-0.39, 0.29) is 16.9 Å². The van der Waals surface area contributed by atoms with Crippen LogP contribution in [0.25, 0.3) is 12.2 Å². The van der Waals surface area contributed by atoms with Crippen molar-refractivity contribution in [1.29, 1.82) is 0 Å². The summed E-state index contributed by atoms with van der Waals surface area (Å²) in [5, 5.41) is 9.59. The first-order valence-corrected chi connectivity index (χ1v) is 11.6. The molecule has 0 bridgehead atoms. The quantitative estimate of drug-likeness (QED) is 0.314. The second-order valence-corrected chi connectivity index (χ2v) is 8.32. The molecule has 1 aliphatic carbocycles. The highest BCUT2D eigenvalue weighted by molar-refractivity contribution is 6.16. The van der Waals surface area contributed by atoms with Gasteiger partial charge in [-0.05, 0) is 60.4 Å². The fraction of sp³-hybridized carbons (Fsp3) is 0.286. The first-order chi connectivity index (χ1) is 16.6. The molecule has 6 nitrogen and oxygen atoms in total. The van der Waals surface area contributed by atoms with Crippen molar-refractivity contribution in [3.05, 3.63) is 83.0 Å². The molecule has 176 valence electrons. The Morgan fingerprint density at radius 1 is 0.824 bits per heavy atom. The first kappa shape index (κ1) is 23.5. The normalized spacial score (nSPS) is 17.2. The fourth-order valence-electron chi connectivity index (χ4n) is 4.03. The van der Waals surface area contributed by atoms with Crippen LogP contribution in [0, 0.1) is 0 Å². The molecule has 1 heterocycles. The summed E-state index contributed by atoms with van der Waals surface area (Å²) >= 11 is 0. The Kier molecular flexibility index (Phi) is 7.94. The molecule has 0 spiro atoms. The summed E-state index contributed by atoms with van der Waals surface area (Å²) in [6, 6.07) is 14.1. The van der Waals surface area contributed by atoms with Crippen molar-refractivity contribution in [3.8, 4) is 11.5 Å². The highest BCUT2D eigenvalue weighted by Crippen LogP contribution is 2.24. The number of benzene rings is 2. The molecule has 1 saturated carbocycles. The number of carbonyl (C=O) groups is 2. The molecule has 4 rings (SSSR count). The van der Waals surface area contributed by atoms with Crippen LogP contribution in [0.1, 0.15) is 43.2 Å². The number of aromatic hydroxyl groups is 1. The smallest absolute Gasteiger partial charge is 0.346 e. The van der Waals surface area contributed by atoms with Crippen molar-refractivity contribution < 1.29 is 28.9 Å². The second kappa shape index (κ2) is 11.5. The monoisotopic (exact) mass is 460 g/mol. The molecular formula is C28H28O6. The Balaban J connectivity index is 1.39. The van der Waals surface area contributed by atoms with Crippen molar-refractivity contribution >= 4 is 24.1 Å². The molecule has 2 aromatic rings. The van der Waals surface area contributed by atoms with Crippen LogP contribution in [0.3, 0.4) is 0 Å². The fourth-order valence-corrected chi connectivity index (χ4v) is 4.03. The maximum atomic E-state index is 12.2. The Bertz CT molecular complexity index is 1120. The molecule has 34 heavy (non-hydrogen) atoms. The molecule has 6 heteroatoms. The minimum Gasteiger partial charge on any atom is -0.508 e. The van der Waals surface area contributed by atoms with Gasteiger partial charge in [-0.1, -0.05) is 55.7 Å². The summed E-state index contributed by atoms with van der Waals surface area (Å²) in [6.45, 7) is 1.03. The topological polar surface area (TPSA) is 82.1 Å². The Morgan fingerprint density at radius 3 is 2.15 bits per heavy atom. The number of hydrogen-bond donors (Lipinski definition) is 1. The number of ether oxygens (including phenoxy) is 3. The first-order valence-electron chi connectivity index (χ1n) is 11.6. The van der Waals surface area contributed by atoms with E-state index in [0.29, 0.717) is 30.6 Å². The van der Waals surface area contributed by atoms with Crippen LogP contribution >= 0.6 is 0 Å². The van der Waals surface area contributed by atoms with Crippen LogP contribution in [0.4, 0.5) is 0 Å². The third-order valence-corrected chi connectivity index (χ3v) is 5.79. The third-order valence-electron chi connectivity index (χ3n) is 5.79. The zero-order valence-corrected chi connectivity index (χ0v) is 18.9. The summed E-state index contributed by atoms with van der Waals surface area (Å²) in [5.74, 6) is -0.568. The average Bonchev–Trinajstić information content (AvgIpc) is 3.12. The largest absolute Gasteiger partial charge is 0.508 e. The van der Waals surface area contributed by atoms with Gasteiger partial charge in [-0.3, -0.25) is 0 Å². The molecule has 0 amide bonds. The summed E-state index contributed by atoms with van der Waals surface area (Å²) < 4.78 is 16.5. The van der Waals surface area contributed by atoms with Gasteiger partial charge in [0.25, 0.3) is 0 Å².